The van der Waals surface area contributed by atoms with Gasteiger partial charge >= 0.3 is 0 Å². The molecule has 47 heavy (non-hydrogen) atoms. The van der Waals surface area contributed by atoms with Crippen LogP contribution >= 0.6 is 0 Å². The Kier molecular flexibility index (Phi) is 8.57. The predicted octanol–water partition coefficient (Wildman–Crippen LogP) is 7.63. The maximum absolute atomic E-state index is 6.52. The molecule has 3 aliphatic rings. The predicted molar refractivity (Wildman–Crippen MR) is 186 cm³/mol. The maximum Gasteiger partial charge on any atom is 0.241 e. The van der Waals surface area contributed by atoms with Crippen LogP contribution in [0.5, 0.6) is 23.0 Å². The Balaban J connectivity index is 0.000000186. The van der Waals surface area contributed by atoms with E-state index in [0.717, 1.165) is 69.3 Å². The Bertz CT molecular complexity index is 2110. The normalized spacial score (nSPS) is 13.2. The van der Waals surface area contributed by atoms with Crippen molar-refractivity contribution in [1.82, 2.24) is 9.97 Å². The van der Waals surface area contributed by atoms with Crippen molar-refractivity contribution in [2.75, 3.05) is 0 Å². The zero-order valence-corrected chi connectivity index (χ0v) is 29.1. The van der Waals surface area contributed by atoms with Gasteiger partial charge in [-0.1, -0.05) is 60.0 Å². The molecule has 2 aliphatic heterocycles. The Morgan fingerprint density at radius 1 is 0.681 bits per heavy atom. The monoisotopic (exact) mass is 789 g/mol. The summed E-state index contributed by atoms with van der Waals surface area (Å²) in [5.74, 6) is 3.49. The van der Waals surface area contributed by atoms with Gasteiger partial charge in [-0.25, -0.2) is 0 Å². The second kappa shape index (κ2) is 12.9. The van der Waals surface area contributed by atoms with Crippen molar-refractivity contribution in [3.8, 4) is 45.5 Å². The van der Waals surface area contributed by atoms with Gasteiger partial charge < -0.3 is 19.4 Å². The van der Waals surface area contributed by atoms with Gasteiger partial charge in [-0.05, 0) is 85.7 Å². The smallest absolute Gasteiger partial charge is 0.241 e. The minimum Gasteiger partial charge on any atom is -0.503 e. The van der Waals surface area contributed by atoms with Crippen molar-refractivity contribution in [1.29, 1.82) is 0 Å². The van der Waals surface area contributed by atoms with Crippen molar-refractivity contribution >= 4 is 23.1 Å². The van der Waals surface area contributed by atoms with E-state index in [-0.39, 0.29) is 26.8 Å². The average Bonchev–Trinajstić information content (AvgIpc) is 3.09. The van der Waals surface area contributed by atoms with E-state index < -0.39 is 0 Å². The average molecular weight is 789 g/mol. The van der Waals surface area contributed by atoms with E-state index >= 15 is 0 Å². The Labute approximate surface area is 290 Å². The summed E-state index contributed by atoms with van der Waals surface area (Å²) in [6.07, 6.45) is 8.73. The maximum atomic E-state index is 6.52. The molecule has 0 saturated carbocycles. The summed E-state index contributed by atoms with van der Waals surface area (Å²) in [6, 6.07) is 35.6. The standard InChI is InChI=1S/C27H19BNO2.C14H14N.Ir/c1-2-8-18-16-29-22(15-17(18)7-1)19-9-5-11-21-27(19)31-25-14-6-13-24-26(25)28(21)20-10-3-4-12-23(20)30-24;1-10-4-6-13(7-5-10)14-8-11(2)12(3)9-15-14;/h3-6,10-16H,1-2,7-8H2;4-6,8-9H,1-3H3;/q2*-1;. The van der Waals surface area contributed by atoms with Crippen molar-refractivity contribution in [2.45, 2.75) is 46.5 Å². The van der Waals surface area contributed by atoms with Gasteiger partial charge in [0.15, 0.2) is 0 Å². The van der Waals surface area contributed by atoms with Gasteiger partial charge in [0.25, 0.3) is 0 Å². The summed E-state index contributed by atoms with van der Waals surface area (Å²) in [4.78, 5) is 9.22. The fourth-order valence-electron chi connectivity index (χ4n) is 6.72. The van der Waals surface area contributed by atoms with Gasteiger partial charge in [0.1, 0.15) is 17.2 Å². The number of aryl methyl sites for hydroxylation is 5. The van der Waals surface area contributed by atoms with Crippen LogP contribution < -0.4 is 25.9 Å². The largest absolute Gasteiger partial charge is 0.503 e. The number of nitrogens with zero attached hydrogens (tertiary/aromatic N) is 2. The molecule has 0 N–H and O–H groups in total. The van der Waals surface area contributed by atoms with Crippen LogP contribution in [0.3, 0.4) is 0 Å². The van der Waals surface area contributed by atoms with Crippen LogP contribution in [0, 0.1) is 32.9 Å². The molecule has 0 saturated heterocycles. The third kappa shape index (κ3) is 5.82. The molecular weight excluding hydrogens is 755 g/mol. The van der Waals surface area contributed by atoms with Crippen molar-refractivity contribution < 1.29 is 29.6 Å². The Morgan fingerprint density at radius 3 is 2.26 bits per heavy atom. The molecule has 6 heteroatoms. The molecule has 6 aromatic rings. The van der Waals surface area contributed by atoms with Crippen LogP contribution in [0.2, 0.25) is 0 Å². The molecule has 0 spiro atoms. The second-order valence-corrected chi connectivity index (χ2v) is 12.5. The van der Waals surface area contributed by atoms with Crippen LogP contribution in [0.15, 0.2) is 97.3 Å². The molecule has 0 amide bonds. The first kappa shape index (κ1) is 31.1. The van der Waals surface area contributed by atoms with Crippen molar-refractivity contribution in [3.63, 3.8) is 0 Å². The summed E-state index contributed by atoms with van der Waals surface area (Å²) < 4.78 is 12.7. The van der Waals surface area contributed by atoms with Gasteiger partial charge in [-0.15, -0.1) is 59.1 Å². The minimum absolute atomic E-state index is 0. The van der Waals surface area contributed by atoms with E-state index in [1.54, 1.807) is 0 Å². The summed E-state index contributed by atoms with van der Waals surface area (Å²) in [6.45, 7) is 6.32. The second-order valence-electron chi connectivity index (χ2n) is 12.5. The van der Waals surface area contributed by atoms with Gasteiger partial charge in [-0.3, -0.25) is 0 Å². The number of rotatable bonds is 2. The van der Waals surface area contributed by atoms with Crippen LogP contribution in [0.1, 0.15) is 40.7 Å². The fraction of sp³-hybridized carbons (Fsp3) is 0.171. The zero-order chi connectivity index (χ0) is 31.2. The first-order chi connectivity index (χ1) is 22.5. The van der Waals surface area contributed by atoms with Gasteiger partial charge in [0.05, 0.1) is 0 Å². The molecule has 0 unspecified atom stereocenters. The van der Waals surface area contributed by atoms with E-state index in [4.69, 9.17) is 14.5 Å². The zero-order valence-electron chi connectivity index (χ0n) is 26.7. The van der Waals surface area contributed by atoms with Crippen LogP contribution in [-0.4, -0.2) is 16.7 Å². The molecule has 4 nitrogen and oxygen atoms in total. The molecule has 4 aromatic carbocycles. The molecular formula is C41H33BIrN2O2-2. The van der Waals surface area contributed by atoms with Crippen molar-refractivity contribution in [2.24, 2.45) is 0 Å². The number of ether oxygens (including phenoxy) is 2. The number of hydrogen-bond donors (Lipinski definition) is 0. The fourth-order valence-corrected chi connectivity index (χ4v) is 6.72. The number of aromatic nitrogens is 2. The van der Waals surface area contributed by atoms with Crippen LogP contribution in [0.4, 0.5) is 0 Å². The van der Waals surface area contributed by atoms with E-state index in [1.165, 1.54) is 46.1 Å². The molecule has 0 bridgehead atoms. The Morgan fingerprint density at radius 2 is 1.45 bits per heavy atom. The molecule has 0 atom stereocenters. The molecule has 4 heterocycles. The SMILES string of the molecule is Cc1c[c-]c(-c2cc(C)c(C)cn2)cc1.[Ir].[c-]1ccc2c(c1-c1cc3c(cn1)CCCC3)Oc1cccc3c1B2c1ccccc1O3. The van der Waals surface area contributed by atoms with E-state index in [9.17, 15) is 0 Å². The van der Waals surface area contributed by atoms with E-state index in [2.05, 4.69) is 86.5 Å². The number of pyridine rings is 2. The topological polar surface area (TPSA) is 44.2 Å². The number of fused-ring (bicyclic) bond motifs is 5. The number of hydrogen-bond acceptors (Lipinski definition) is 4. The third-order valence-corrected chi connectivity index (χ3v) is 9.37. The molecule has 1 aliphatic carbocycles. The first-order valence-electron chi connectivity index (χ1n) is 16.1. The van der Waals surface area contributed by atoms with Crippen LogP contribution in [0.25, 0.3) is 22.5 Å². The first-order valence-corrected chi connectivity index (χ1v) is 16.1. The van der Waals surface area contributed by atoms with Crippen LogP contribution in [-0.2, 0) is 32.9 Å². The van der Waals surface area contributed by atoms with Gasteiger partial charge in [-0.2, -0.15) is 0 Å². The van der Waals surface area contributed by atoms with Crippen molar-refractivity contribution in [3.05, 3.63) is 137 Å². The third-order valence-electron chi connectivity index (χ3n) is 9.37. The minimum atomic E-state index is 0. The molecule has 233 valence electrons. The quantitative estimate of drug-likeness (QED) is 0.134. The number of para-hydroxylation sites is 1. The van der Waals surface area contributed by atoms with E-state index in [0.29, 0.717) is 0 Å². The summed E-state index contributed by atoms with van der Waals surface area (Å²) in [5.41, 5.74) is 13.9. The summed E-state index contributed by atoms with van der Waals surface area (Å²) in [7, 11) is 0. The summed E-state index contributed by atoms with van der Waals surface area (Å²) >= 11 is 0. The molecule has 2 aromatic heterocycles. The van der Waals surface area contributed by atoms with Gasteiger partial charge in [0.2, 0.25) is 6.71 Å². The van der Waals surface area contributed by atoms with E-state index in [1.807, 2.05) is 48.7 Å². The molecule has 0 fully saturated rings. The molecule has 1 radical (unpaired) electrons. The van der Waals surface area contributed by atoms with Gasteiger partial charge in [0, 0.05) is 43.7 Å². The number of benzene rings is 4. The summed E-state index contributed by atoms with van der Waals surface area (Å²) in [5, 5.41) is 0. The molecule has 9 rings (SSSR count). The Hall–Kier alpha value is -4.51.